The summed E-state index contributed by atoms with van der Waals surface area (Å²) in [5, 5.41) is 19.7. The number of rotatable bonds is 2. The van der Waals surface area contributed by atoms with Crippen LogP contribution in [0.4, 0.5) is 10.5 Å². The molecule has 1 aromatic carbocycles. The second-order valence-corrected chi connectivity index (χ2v) is 6.25. The first-order chi connectivity index (χ1) is 11.0. The number of aliphatic hydroxyl groups excluding tert-OH is 1. The lowest BCUT2D eigenvalue weighted by atomic mass is 9.96. The van der Waals surface area contributed by atoms with E-state index in [4.69, 9.17) is 26.3 Å². The minimum absolute atomic E-state index is 0.292. The number of carbonyl (C=O) groups is 1. The lowest BCUT2D eigenvalue weighted by Gasteiger charge is -2.33. The van der Waals surface area contributed by atoms with Gasteiger partial charge < -0.3 is 14.6 Å². The van der Waals surface area contributed by atoms with Crippen molar-refractivity contribution in [2.45, 2.75) is 44.1 Å². The van der Waals surface area contributed by atoms with E-state index >= 15 is 0 Å². The third-order valence-electron chi connectivity index (χ3n) is 4.70. The molecule has 1 amide bonds. The van der Waals surface area contributed by atoms with Gasteiger partial charge in [-0.05, 0) is 43.9 Å². The molecular formula is C16H17ClN2O4. The Bertz CT molecular complexity index is 702. The summed E-state index contributed by atoms with van der Waals surface area (Å²) >= 11 is 6.20. The Morgan fingerprint density at radius 1 is 1.57 bits per heavy atom. The molecule has 0 bridgehead atoms. The van der Waals surface area contributed by atoms with Crippen LogP contribution in [0.3, 0.4) is 0 Å². The molecule has 3 rings (SSSR count). The van der Waals surface area contributed by atoms with Crippen LogP contribution in [0.2, 0.25) is 5.02 Å². The fourth-order valence-electron chi connectivity index (χ4n) is 3.52. The lowest BCUT2D eigenvalue weighted by molar-refractivity contribution is -0.107. The van der Waals surface area contributed by atoms with Crippen molar-refractivity contribution in [1.82, 2.24) is 0 Å². The van der Waals surface area contributed by atoms with E-state index in [0.717, 1.165) is 6.42 Å². The number of carbonyl (C=O) groups excluding carboxylic acids is 1. The van der Waals surface area contributed by atoms with Crippen LogP contribution in [0.5, 0.6) is 0 Å². The first-order valence-electron chi connectivity index (χ1n) is 7.38. The predicted octanol–water partition coefficient (Wildman–Crippen LogP) is 2.73. The molecule has 1 aromatic rings. The number of hydrogen-bond acceptors (Lipinski definition) is 5. The molecule has 7 heteroatoms. The Morgan fingerprint density at radius 3 is 2.87 bits per heavy atom. The van der Waals surface area contributed by atoms with Gasteiger partial charge in [-0.15, -0.1) is 0 Å². The number of benzene rings is 1. The Morgan fingerprint density at radius 2 is 2.30 bits per heavy atom. The van der Waals surface area contributed by atoms with E-state index in [-0.39, 0.29) is 0 Å². The maximum Gasteiger partial charge on any atom is 0.417 e. The highest BCUT2D eigenvalue weighted by Gasteiger charge is 2.61. The normalized spacial score (nSPS) is 29.9. The molecule has 0 aromatic heterocycles. The molecule has 1 aliphatic heterocycles. The predicted molar refractivity (Wildman–Crippen MR) is 83.2 cm³/mol. The van der Waals surface area contributed by atoms with E-state index in [1.54, 1.807) is 19.1 Å². The van der Waals surface area contributed by atoms with Crippen molar-refractivity contribution in [2.24, 2.45) is 0 Å². The van der Waals surface area contributed by atoms with Crippen molar-refractivity contribution in [3.05, 3.63) is 28.3 Å². The molecule has 2 aliphatic rings. The van der Waals surface area contributed by atoms with Crippen LogP contribution in [0.25, 0.3) is 0 Å². The van der Waals surface area contributed by atoms with Crippen LogP contribution in [0.15, 0.2) is 12.1 Å². The summed E-state index contributed by atoms with van der Waals surface area (Å²) in [7, 11) is 1.48. The number of amides is 1. The number of nitriles is 1. The van der Waals surface area contributed by atoms with Crippen molar-refractivity contribution in [1.29, 1.82) is 5.26 Å². The van der Waals surface area contributed by atoms with Gasteiger partial charge in [-0.3, -0.25) is 0 Å². The molecular weight excluding hydrogens is 320 g/mol. The Balaban J connectivity index is 2.08. The van der Waals surface area contributed by atoms with Crippen LogP contribution >= 0.6 is 11.6 Å². The summed E-state index contributed by atoms with van der Waals surface area (Å²) in [6.45, 7) is 1.73. The highest BCUT2D eigenvalue weighted by molar-refractivity contribution is 6.33. The zero-order chi connectivity index (χ0) is 16.8. The van der Waals surface area contributed by atoms with E-state index in [2.05, 4.69) is 0 Å². The van der Waals surface area contributed by atoms with Crippen molar-refractivity contribution >= 4 is 23.4 Å². The minimum Gasteiger partial charge on any atom is -0.435 e. The quantitative estimate of drug-likeness (QED) is 0.897. The number of nitrogens with zero attached hydrogens (tertiary/aromatic N) is 2. The zero-order valence-electron chi connectivity index (χ0n) is 12.9. The average Bonchev–Trinajstić information content (AvgIpc) is 3.03. The van der Waals surface area contributed by atoms with Gasteiger partial charge in [0, 0.05) is 7.11 Å². The monoisotopic (exact) mass is 336 g/mol. The van der Waals surface area contributed by atoms with Gasteiger partial charge in [-0.25, -0.2) is 9.69 Å². The Kier molecular flexibility index (Phi) is 3.96. The van der Waals surface area contributed by atoms with Gasteiger partial charge in [0.15, 0.2) is 11.8 Å². The highest BCUT2D eigenvalue weighted by Crippen LogP contribution is 2.46. The molecule has 1 spiro atoms. The van der Waals surface area contributed by atoms with Crippen molar-refractivity contribution in [3.63, 3.8) is 0 Å². The lowest BCUT2D eigenvalue weighted by Crippen LogP contribution is -2.51. The summed E-state index contributed by atoms with van der Waals surface area (Å²) in [5.41, 5.74) is 0.389. The van der Waals surface area contributed by atoms with Gasteiger partial charge in [-0.2, -0.15) is 5.26 Å². The molecule has 1 aliphatic carbocycles. The van der Waals surface area contributed by atoms with Gasteiger partial charge in [0.05, 0.1) is 22.4 Å². The Labute approximate surface area is 139 Å². The van der Waals surface area contributed by atoms with Crippen LogP contribution in [-0.4, -0.2) is 36.2 Å². The fraction of sp³-hybridized carbons (Fsp3) is 0.500. The zero-order valence-corrected chi connectivity index (χ0v) is 13.6. The van der Waals surface area contributed by atoms with Crippen molar-refractivity contribution in [3.8, 4) is 6.07 Å². The van der Waals surface area contributed by atoms with Gasteiger partial charge in [-0.1, -0.05) is 11.6 Å². The standard InChI is InChI=1S/C16H17ClN2O4/c1-9-11(6-5-10(8-18)13(9)17)19-14(22-2)16(23-15(19)21)7-3-4-12(16)20/h5-6,12,14,20H,3-4,7H2,1-2H3/t12-,14-,16+/m1/s1. The molecule has 6 nitrogen and oxygen atoms in total. The summed E-state index contributed by atoms with van der Waals surface area (Å²) in [4.78, 5) is 13.8. The summed E-state index contributed by atoms with van der Waals surface area (Å²) in [6.07, 6.45) is -0.228. The molecule has 1 saturated carbocycles. The topological polar surface area (TPSA) is 82.8 Å². The van der Waals surface area contributed by atoms with Crippen molar-refractivity contribution < 1.29 is 19.4 Å². The second-order valence-electron chi connectivity index (χ2n) is 5.87. The molecule has 1 N–H and O–H groups in total. The molecule has 2 fully saturated rings. The number of aliphatic hydroxyl groups is 1. The molecule has 0 unspecified atom stereocenters. The number of methoxy groups -OCH3 is 1. The molecule has 23 heavy (non-hydrogen) atoms. The molecule has 122 valence electrons. The van der Waals surface area contributed by atoms with E-state index in [1.165, 1.54) is 12.0 Å². The van der Waals surface area contributed by atoms with Crippen molar-refractivity contribution in [2.75, 3.05) is 12.0 Å². The summed E-state index contributed by atoms with van der Waals surface area (Å²) in [6, 6.07) is 5.21. The van der Waals surface area contributed by atoms with Gasteiger partial charge in [0.1, 0.15) is 6.07 Å². The number of halogens is 1. The van der Waals surface area contributed by atoms with Gasteiger partial charge in [0.25, 0.3) is 0 Å². The largest absolute Gasteiger partial charge is 0.435 e. The Hall–Kier alpha value is -1.81. The molecule has 1 saturated heterocycles. The second kappa shape index (κ2) is 5.68. The van der Waals surface area contributed by atoms with Gasteiger partial charge >= 0.3 is 6.09 Å². The van der Waals surface area contributed by atoms with Gasteiger partial charge in [0.2, 0.25) is 0 Å². The fourth-order valence-corrected chi connectivity index (χ4v) is 3.72. The third-order valence-corrected chi connectivity index (χ3v) is 5.18. The number of anilines is 1. The molecule has 3 atom stereocenters. The van der Waals surface area contributed by atoms with E-state index in [0.29, 0.717) is 34.7 Å². The first kappa shape index (κ1) is 16.1. The van der Waals surface area contributed by atoms with E-state index in [9.17, 15) is 9.90 Å². The van der Waals surface area contributed by atoms with Crippen LogP contribution in [0, 0.1) is 18.3 Å². The molecule has 0 radical (unpaired) electrons. The maximum absolute atomic E-state index is 12.5. The van der Waals surface area contributed by atoms with Crippen LogP contribution < -0.4 is 4.90 Å². The van der Waals surface area contributed by atoms with E-state index < -0.39 is 24.0 Å². The maximum atomic E-state index is 12.5. The minimum atomic E-state index is -1.06. The highest BCUT2D eigenvalue weighted by atomic mass is 35.5. The van der Waals surface area contributed by atoms with E-state index in [1.807, 2.05) is 6.07 Å². The summed E-state index contributed by atoms with van der Waals surface area (Å²) < 4.78 is 11.1. The smallest absolute Gasteiger partial charge is 0.417 e. The van der Waals surface area contributed by atoms with Crippen LogP contribution in [-0.2, 0) is 9.47 Å². The SMILES string of the molecule is CO[C@H]1N(c2ccc(C#N)c(Cl)c2C)C(=O)O[C@]12CCC[C@H]2O. The third kappa shape index (κ3) is 2.19. The average molecular weight is 337 g/mol. The molecule has 1 heterocycles. The summed E-state index contributed by atoms with van der Waals surface area (Å²) in [5.74, 6) is 0. The van der Waals surface area contributed by atoms with Crippen LogP contribution in [0.1, 0.15) is 30.4 Å². The number of hydrogen-bond donors (Lipinski definition) is 1. The number of ether oxygens (including phenoxy) is 2. The first-order valence-corrected chi connectivity index (χ1v) is 7.76.